The Bertz CT molecular complexity index is 1820. The predicted molar refractivity (Wildman–Crippen MR) is 166 cm³/mol. The number of hydrogen-bond acceptors (Lipinski definition) is 7. The lowest BCUT2D eigenvalue weighted by molar-refractivity contribution is -0.274. The molecule has 0 bridgehead atoms. The van der Waals surface area contributed by atoms with E-state index >= 15 is 0 Å². The fourth-order valence-corrected chi connectivity index (χ4v) is 6.81. The topological polar surface area (TPSA) is 97.9 Å². The van der Waals surface area contributed by atoms with Gasteiger partial charge in [0.25, 0.3) is 0 Å². The minimum absolute atomic E-state index is 0.0499. The largest absolute Gasteiger partial charge is 0.573 e. The molecular weight excluding hydrogens is 599 g/mol. The minimum atomic E-state index is -4.81. The SMILES string of the molecule is CC(C)Oc1cc(C(=O)O)nc2ccc(N3CCC4(CC3)CC(=Cc3c(-c5ccccc5OC(F)(F)F)noc3C3CC3)C4)cc12. The summed E-state index contributed by atoms with van der Waals surface area (Å²) < 4.78 is 55.5. The number of benzene rings is 2. The molecule has 4 aromatic rings. The zero-order chi connectivity index (χ0) is 32.2. The maximum atomic E-state index is 13.2. The molecule has 3 fully saturated rings. The van der Waals surface area contributed by atoms with Gasteiger partial charge in [0.2, 0.25) is 0 Å². The third-order valence-electron chi connectivity index (χ3n) is 9.15. The van der Waals surface area contributed by atoms with Crippen LogP contribution in [-0.2, 0) is 0 Å². The van der Waals surface area contributed by atoms with Crippen molar-refractivity contribution in [2.45, 2.75) is 70.8 Å². The highest BCUT2D eigenvalue weighted by Gasteiger charge is 2.43. The van der Waals surface area contributed by atoms with E-state index in [-0.39, 0.29) is 34.4 Å². The molecule has 240 valence electrons. The van der Waals surface area contributed by atoms with Gasteiger partial charge in [-0.2, -0.15) is 0 Å². The lowest BCUT2D eigenvalue weighted by atomic mass is 9.60. The molecule has 7 rings (SSSR count). The van der Waals surface area contributed by atoms with E-state index in [0.29, 0.717) is 17.0 Å². The number of allylic oxidation sites excluding steroid dienone is 1. The van der Waals surface area contributed by atoms with Crippen molar-refractivity contribution < 1.29 is 37.1 Å². The van der Waals surface area contributed by atoms with Crippen LogP contribution in [0.4, 0.5) is 18.9 Å². The third-order valence-corrected chi connectivity index (χ3v) is 9.15. The number of pyridine rings is 1. The number of fused-ring (bicyclic) bond motifs is 1. The smallest absolute Gasteiger partial charge is 0.490 e. The van der Waals surface area contributed by atoms with Crippen LogP contribution in [0.2, 0.25) is 0 Å². The van der Waals surface area contributed by atoms with Crippen LogP contribution in [0, 0.1) is 5.41 Å². The van der Waals surface area contributed by atoms with Crippen molar-refractivity contribution in [3.63, 3.8) is 0 Å². The molecule has 46 heavy (non-hydrogen) atoms. The molecule has 0 radical (unpaired) electrons. The molecule has 3 aliphatic rings. The maximum absolute atomic E-state index is 13.2. The summed E-state index contributed by atoms with van der Waals surface area (Å²) in [4.78, 5) is 18.3. The van der Waals surface area contributed by atoms with Crippen molar-refractivity contribution in [1.29, 1.82) is 0 Å². The van der Waals surface area contributed by atoms with Gasteiger partial charge in [0.1, 0.15) is 23.0 Å². The number of aromatic nitrogens is 2. The average molecular weight is 634 g/mol. The highest BCUT2D eigenvalue weighted by molar-refractivity contribution is 5.94. The van der Waals surface area contributed by atoms with Gasteiger partial charge in [0.15, 0.2) is 5.69 Å². The molecular formula is C35H34F3N3O5. The number of carboxylic acid groups (broad SMARTS) is 1. The Balaban J connectivity index is 1.08. The van der Waals surface area contributed by atoms with E-state index in [0.717, 1.165) is 74.0 Å². The third kappa shape index (κ3) is 6.02. The molecule has 2 aromatic carbocycles. The molecule has 0 unspecified atom stereocenters. The number of aromatic carboxylic acids is 1. The number of rotatable bonds is 8. The number of halogens is 3. The lowest BCUT2D eigenvalue weighted by Gasteiger charge is -2.50. The maximum Gasteiger partial charge on any atom is 0.573 e. The molecule has 0 atom stereocenters. The number of ether oxygens (including phenoxy) is 2. The van der Waals surface area contributed by atoms with Gasteiger partial charge in [0, 0.05) is 47.3 Å². The molecule has 8 nitrogen and oxygen atoms in total. The number of hydrogen-bond donors (Lipinski definition) is 1. The number of piperidine rings is 1. The van der Waals surface area contributed by atoms with E-state index in [2.05, 4.69) is 25.9 Å². The zero-order valence-electron chi connectivity index (χ0n) is 25.6. The van der Waals surface area contributed by atoms with Crippen molar-refractivity contribution in [2.24, 2.45) is 5.41 Å². The monoisotopic (exact) mass is 633 g/mol. The molecule has 0 amide bonds. The van der Waals surface area contributed by atoms with E-state index in [1.807, 2.05) is 32.0 Å². The second-order valence-electron chi connectivity index (χ2n) is 12.9. The van der Waals surface area contributed by atoms with Crippen molar-refractivity contribution in [2.75, 3.05) is 18.0 Å². The molecule has 3 heterocycles. The summed E-state index contributed by atoms with van der Waals surface area (Å²) in [6.45, 7) is 5.54. The van der Waals surface area contributed by atoms with E-state index < -0.39 is 12.3 Å². The Morgan fingerprint density at radius 1 is 1.09 bits per heavy atom. The fourth-order valence-electron chi connectivity index (χ4n) is 6.81. The Kier molecular flexibility index (Phi) is 7.44. The lowest BCUT2D eigenvalue weighted by Crippen LogP contribution is -2.44. The zero-order valence-corrected chi connectivity index (χ0v) is 25.6. The number of carbonyl (C=O) groups is 1. The summed E-state index contributed by atoms with van der Waals surface area (Å²) in [5, 5.41) is 14.5. The first-order valence-corrected chi connectivity index (χ1v) is 15.6. The molecule has 2 saturated carbocycles. The molecule has 1 spiro atoms. The van der Waals surface area contributed by atoms with Crippen molar-refractivity contribution >= 4 is 28.6 Å². The van der Waals surface area contributed by atoms with E-state index in [9.17, 15) is 23.1 Å². The van der Waals surface area contributed by atoms with Crippen LogP contribution < -0.4 is 14.4 Å². The van der Waals surface area contributed by atoms with Gasteiger partial charge in [-0.05, 0) is 94.2 Å². The first kappa shape index (κ1) is 30.1. The van der Waals surface area contributed by atoms with Gasteiger partial charge in [-0.15, -0.1) is 13.2 Å². The molecule has 2 aliphatic carbocycles. The van der Waals surface area contributed by atoms with Gasteiger partial charge in [-0.3, -0.25) is 0 Å². The van der Waals surface area contributed by atoms with Crippen molar-refractivity contribution in [1.82, 2.24) is 10.1 Å². The number of nitrogens with zero attached hydrogens (tertiary/aromatic N) is 3. The summed E-state index contributed by atoms with van der Waals surface area (Å²) in [6, 6.07) is 13.4. The molecule has 2 aromatic heterocycles. The van der Waals surface area contributed by atoms with E-state index in [1.165, 1.54) is 23.8 Å². The standard InChI is InChI=1S/C35H34F3N3O5/c1-20(2)44-30-17-28(33(42)43)39-27-10-9-23(16-25(27)30)41-13-11-34(12-14-41)18-21(19-34)15-26-31(40-46-32(26)22-7-8-22)24-5-3-4-6-29(24)45-35(36,37)38/h3-6,9-10,15-17,20,22H,7-8,11-14,18-19H2,1-2H3,(H,42,43). The molecule has 11 heteroatoms. The Labute approximate surface area is 263 Å². The van der Waals surface area contributed by atoms with Gasteiger partial charge >= 0.3 is 12.3 Å². The normalized spacial score (nSPS) is 17.8. The second-order valence-corrected chi connectivity index (χ2v) is 12.9. The second kappa shape index (κ2) is 11.4. The van der Waals surface area contributed by atoms with Gasteiger partial charge in [-0.1, -0.05) is 22.9 Å². The summed E-state index contributed by atoms with van der Waals surface area (Å²) >= 11 is 0. The van der Waals surface area contributed by atoms with Crippen LogP contribution in [0.1, 0.15) is 80.1 Å². The minimum Gasteiger partial charge on any atom is -0.490 e. The Hall–Kier alpha value is -4.54. The highest BCUT2D eigenvalue weighted by atomic mass is 19.4. The molecule has 1 saturated heterocycles. The highest BCUT2D eigenvalue weighted by Crippen LogP contribution is 2.54. The van der Waals surface area contributed by atoms with Crippen LogP contribution in [0.25, 0.3) is 28.2 Å². The number of anilines is 1. The van der Waals surface area contributed by atoms with Crippen LogP contribution in [0.15, 0.2) is 58.6 Å². The van der Waals surface area contributed by atoms with Crippen molar-refractivity contribution in [3.8, 4) is 22.8 Å². The molecule has 1 N–H and O–H groups in total. The summed E-state index contributed by atoms with van der Waals surface area (Å²) in [7, 11) is 0. The number of para-hydroxylation sites is 1. The number of carboxylic acids is 1. The quantitative estimate of drug-likeness (QED) is 0.206. The number of alkyl halides is 3. The predicted octanol–water partition coefficient (Wildman–Crippen LogP) is 8.62. The molecule has 1 aliphatic heterocycles. The van der Waals surface area contributed by atoms with Crippen LogP contribution in [-0.4, -0.2) is 46.8 Å². The summed E-state index contributed by atoms with van der Waals surface area (Å²) in [5.41, 5.74) is 4.40. The van der Waals surface area contributed by atoms with Crippen molar-refractivity contribution in [3.05, 3.63) is 71.1 Å². The van der Waals surface area contributed by atoms with Gasteiger partial charge < -0.3 is 24.0 Å². The van der Waals surface area contributed by atoms with Crippen LogP contribution in [0.3, 0.4) is 0 Å². The first-order valence-electron chi connectivity index (χ1n) is 15.6. The Morgan fingerprint density at radius 2 is 1.83 bits per heavy atom. The first-order chi connectivity index (χ1) is 22.0. The summed E-state index contributed by atoms with van der Waals surface area (Å²) in [6.07, 6.45) is 2.94. The van der Waals surface area contributed by atoms with E-state index in [4.69, 9.17) is 9.26 Å². The summed E-state index contributed by atoms with van der Waals surface area (Å²) in [5.74, 6) is 0.0897. The van der Waals surface area contributed by atoms with Gasteiger partial charge in [-0.25, -0.2) is 9.78 Å². The Morgan fingerprint density at radius 3 is 2.50 bits per heavy atom. The average Bonchev–Trinajstić information content (AvgIpc) is 3.75. The van der Waals surface area contributed by atoms with Crippen LogP contribution in [0.5, 0.6) is 11.5 Å². The van der Waals surface area contributed by atoms with E-state index in [1.54, 1.807) is 12.1 Å². The fraction of sp³-hybridized carbons (Fsp3) is 0.400. The van der Waals surface area contributed by atoms with Crippen LogP contribution >= 0.6 is 0 Å². The van der Waals surface area contributed by atoms with Gasteiger partial charge in [0.05, 0.1) is 11.6 Å².